The number of alkyl halides is 3. The summed E-state index contributed by atoms with van der Waals surface area (Å²) in [6.07, 6.45) is -4.19. The van der Waals surface area contributed by atoms with Gasteiger partial charge in [0.05, 0.1) is 22.9 Å². The van der Waals surface area contributed by atoms with Gasteiger partial charge >= 0.3 is 6.18 Å². The minimum absolute atomic E-state index is 0.0170. The van der Waals surface area contributed by atoms with Crippen LogP contribution in [0.2, 0.25) is 0 Å². The van der Waals surface area contributed by atoms with E-state index in [1.807, 2.05) is 6.92 Å². The monoisotopic (exact) mass is 253 g/mol. The van der Waals surface area contributed by atoms with E-state index in [2.05, 4.69) is 4.98 Å². The van der Waals surface area contributed by atoms with Crippen LogP contribution < -0.4 is 0 Å². The molecule has 0 radical (unpaired) electrons. The first-order chi connectivity index (χ1) is 8.45. The molecule has 2 aromatic rings. The van der Waals surface area contributed by atoms with E-state index < -0.39 is 11.7 Å². The van der Waals surface area contributed by atoms with Gasteiger partial charge in [-0.25, -0.2) is 4.98 Å². The Bertz CT molecular complexity index is 609. The molecule has 1 fully saturated rings. The van der Waals surface area contributed by atoms with Gasteiger partial charge in [0.25, 0.3) is 0 Å². The minimum Gasteiger partial charge on any atom is -0.363 e. The Balaban J connectivity index is 2.04. The lowest BCUT2D eigenvalue weighted by atomic mass is 10.1. The molecule has 0 bridgehead atoms. The molecule has 0 spiro atoms. The van der Waals surface area contributed by atoms with E-state index in [9.17, 15) is 13.2 Å². The second-order valence-electron chi connectivity index (χ2n) is 4.40. The summed E-state index contributed by atoms with van der Waals surface area (Å²) in [7, 11) is 0. The summed E-state index contributed by atoms with van der Waals surface area (Å²) in [6, 6.07) is 6.94. The summed E-state index contributed by atoms with van der Waals surface area (Å²) < 4.78 is 42.9. The molecule has 94 valence electrons. The zero-order valence-electron chi connectivity index (χ0n) is 9.53. The summed E-state index contributed by atoms with van der Waals surface area (Å²) >= 11 is 0. The van der Waals surface area contributed by atoms with E-state index in [-0.39, 0.29) is 12.2 Å². The first-order valence-electron chi connectivity index (χ1n) is 5.58. The molecule has 18 heavy (non-hydrogen) atoms. The maximum Gasteiger partial charge on any atom is 0.416 e. The van der Waals surface area contributed by atoms with E-state index in [0.717, 1.165) is 17.8 Å². The summed E-state index contributed by atoms with van der Waals surface area (Å²) in [6.45, 7) is 1.93. The Morgan fingerprint density at radius 2 is 1.89 bits per heavy atom. The van der Waals surface area contributed by atoms with Gasteiger partial charge in [0.1, 0.15) is 6.10 Å². The minimum atomic E-state index is -4.32. The Labute approximate surface area is 101 Å². The summed E-state index contributed by atoms with van der Waals surface area (Å²) in [5.74, 6) is 0. The zero-order valence-corrected chi connectivity index (χ0v) is 9.53. The van der Waals surface area contributed by atoms with Gasteiger partial charge in [-0.1, -0.05) is 6.07 Å². The van der Waals surface area contributed by atoms with Gasteiger partial charge in [-0.2, -0.15) is 13.2 Å². The van der Waals surface area contributed by atoms with E-state index in [1.165, 1.54) is 6.07 Å². The summed E-state index contributed by atoms with van der Waals surface area (Å²) in [4.78, 5) is 4.32. The molecular weight excluding hydrogens is 243 g/mol. The average Bonchev–Trinajstić information content (AvgIpc) is 3.04. The van der Waals surface area contributed by atoms with Crippen molar-refractivity contribution in [3.05, 3.63) is 41.6 Å². The Morgan fingerprint density at radius 1 is 1.17 bits per heavy atom. The van der Waals surface area contributed by atoms with Crippen molar-refractivity contribution in [1.29, 1.82) is 0 Å². The normalized spacial score (nSPS) is 23.3. The van der Waals surface area contributed by atoms with E-state index >= 15 is 0 Å². The van der Waals surface area contributed by atoms with Gasteiger partial charge in [0.2, 0.25) is 0 Å². The van der Waals surface area contributed by atoms with Crippen LogP contribution in [0.1, 0.15) is 24.3 Å². The number of pyridine rings is 1. The predicted octanol–water partition coefficient (Wildman–Crippen LogP) is 3.71. The lowest BCUT2D eigenvalue weighted by molar-refractivity contribution is -0.137. The molecule has 1 saturated heterocycles. The molecule has 1 aliphatic rings. The van der Waals surface area contributed by atoms with Crippen LogP contribution in [0.25, 0.3) is 10.9 Å². The standard InChI is InChI=1S/C13H10F3NO/c1-7-12(18-7)11-4-2-8-6-9(13(14,15)16)3-5-10(8)17-11/h2-7,12H,1H3/t7-,12+/m0/s1. The van der Waals surface area contributed by atoms with Gasteiger partial charge in [-0.15, -0.1) is 0 Å². The first-order valence-corrected chi connectivity index (χ1v) is 5.58. The number of benzene rings is 1. The van der Waals surface area contributed by atoms with Crippen molar-refractivity contribution < 1.29 is 17.9 Å². The summed E-state index contributed by atoms with van der Waals surface area (Å²) in [5.41, 5.74) is 0.679. The molecule has 2 atom stereocenters. The lowest BCUT2D eigenvalue weighted by Gasteiger charge is -2.07. The number of hydrogen-bond acceptors (Lipinski definition) is 2. The molecule has 1 aromatic carbocycles. The third-order valence-corrected chi connectivity index (χ3v) is 3.04. The highest BCUT2D eigenvalue weighted by atomic mass is 19.4. The third-order valence-electron chi connectivity index (χ3n) is 3.04. The van der Waals surface area contributed by atoms with Crippen molar-refractivity contribution in [3.63, 3.8) is 0 Å². The van der Waals surface area contributed by atoms with E-state index in [1.54, 1.807) is 12.1 Å². The summed E-state index contributed by atoms with van der Waals surface area (Å²) in [5, 5.41) is 0.488. The molecule has 0 amide bonds. The lowest BCUT2D eigenvalue weighted by Crippen LogP contribution is -2.04. The van der Waals surface area contributed by atoms with Gasteiger partial charge in [0, 0.05) is 5.39 Å². The average molecular weight is 253 g/mol. The molecule has 3 rings (SSSR count). The number of hydrogen-bond donors (Lipinski definition) is 0. The van der Waals surface area contributed by atoms with Crippen LogP contribution >= 0.6 is 0 Å². The number of halogens is 3. The first kappa shape index (κ1) is 11.5. The number of ether oxygens (including phenoxy) is 1. The van der Waals surface area contributed by atoms with Crippen LogP contribution in [-0.2, 0) is 10.9 Å². The van der Waals surface area contributed by atoms with Crippen molar-refractivity contribution in [2.24, 2.45) is 0 Å². The topological polar surface area (TPSA) is 25.4 Å². The SMILES string of the molecule is C[C@@H]1O[C@H]1c1ccc2cc(C(F)(F)F)ccc2n1. The maximum atomic E-state index is 12.5. The fraction of sp³-hybridized carbons (Fsp3) is 0.308. The molecular formula is C13H10F3NO. The van der Waals surface area contributed by atoms with Gasteiger partial charge in [0.15, 0.2) is 0 Å². The number of nitrogens with zero attached hydrogens (tertiary/aromatic N) is 1. The van der Waals surface area contributed by atoms with Crippen LogP contribution in [0.3, 0.4) is 0 Å². The van der Waals surface area contributed by atoms with Crippen molar-refractivity contribution in [3.8, 4) is 0 Å². The number of epoxide rings is 1. The highest BCUT2D eigenvalue weighted by Crippen LogP contribution is 2.38. The van der Waals surface area contributed by atoms with Crippen molar-refractivity contribution in [2.75, 3.05) is 0 Å². The Morgan fingerprint density at radius 3 is 2.50 bits per heavy atom. The Kier molecular flexibility index (Phi) is 2.35. The van der Waals surface area contributed by atoms with E-state index in [4.69, 9.17) is 4.74 Å². The number of fused-ring (bicyclic) bond motifs is 1. The molecule has 0 N–H and O–H groups in total. The predicted molar refractivity (Wildman–Crippen MR) is 60.0 cm³/mol. The van der Waals surface area contributed by atoms with Gasteiger partial charge in [-0.05, 0) is 31.2 Å². The van der Waals surface area contributed by atoms with Gasteiger partial charge in [-0.3, -0.25) is 0 Å². The van der Waals surface area contributed by atoms with Crippen LogP contribution in [0.15, 0.2) is 30.3 Å². The highest BCUT2D eigenvalue weighted by molar-refractivity contribution is 5.79. The zero-order chi connectivity index (χ0) is 12.9. The van der Waals surface area contributed by atoms with Crippen LogP contribution in [0.5, 0.6) is 0 Å². The fourth-order valence-electron chi connectivity index (χ4n) is 1.97. The number of aromatic nitrogens is 1. The highest BCUT2D eigenvalue weighted by Gasteiger charge is 2.37. The van der Waals surface area contributed by atoms with E-state index in [0.29, 0.717) is 10.9 Å². The van der Waals surface area contributed by atoms with Crippen LogP contribution in [0.4, 0.5) is 13.2 Å². The maximum absolute atomic E-state index is 12.5. The molecule has 5 heteroatoms. The molecule has 0 unspecified atom stereocenters. The Hall–Kier alpha value is -1.62. The molecule has 2 nitrogen and oxygen atoms in total. The van der Waals surface area contributed by atoms with Crippen LogP contribution in [-0.4, -0.2) is 11.1 Å². The fourth-order valence-corrected chi connectivity index (χ4v) is 1.97. The molecule has 2 heterocycles. The quantitative estimate of drug-likeness (QED) is 0.724. The van der Waals surface area contributed by atoms with Crippen molar-refractivity contribution in [2.45, 2.75) is 25.3 Å². The molecule has 1 aliphatic heterocycles. The molecule has 1 aromatic heterocycles. The smallest absolute Gasteiger partial charge is 0.363 e. The van der Waals surface area contributed by atoms with Gasteiger partial charge < -0.3 is 4.74 Å². The van der Waals surface area contributed by atoms with Crippen molar-refractivity contribution >= 4 is 10.9 Å². The molecule has 0 aliphatic carbocycles. The number of rotatable bonds is 1. The second-order valence-corrected chi connectivity index (χ2v) is 4.40. The van der Waals surface area contributed by atoms with Crippen molar-refractivity contribution in [1.82, 2.24) is 4.98 Å². The van der Waals surface area contributed by atoms with Crippen LogP contribution in [0, 0.1) is 0 Å². The molecule has 0 saturated carbocycles. The third kappa shape index (κ3) is 1.95. The second kappa shape index (κ2) is 3.68. The largest absolute Gasteiger partial charge is 0.416 e.